The van der Waals surface area contributed by atoms with Gasteiger partial charge in [-0.05, 0) is 36.6 Å². The van der Waals surface area contributed by atoms with Crippen LogP contribution >= 0.6 is 11.6 Å². The number of rotatable bonds is 7. The van der Waals surface area contributed by atoms with Crippen molar-refractivity contribution in [2.45, 2.75) is 13.3 Å². The Balaban J connectivity index is 2.04. The summed E-state index contributed by atoms with van der Waals surface area (Å²) in [7, 11) is 1.53. The standard InChI is InChI=1S/C19H20ClNO3/c1-4-7-14-8-5-6-9-17(14)24-12-19(22)21-16-10-13(2)15(20)11-18(16)23-3/h4-6,8-11H,1,7,12H2,2-3H3,(H,21,22). The second kappa shape index (κ2) is 8.41. The topological polar surface area (TPSA) is 47.6 Å². The van der Waals surface area contributed by atoms with Crippen LogP contribution in [0, 0.1) is 6.92 Å². The molecule has 0 aliphatic carbocycles. The van der Waals surface area contributed by atoms with Crippen molar-refractivity contribution in [1.29, 1.82) is 0 Å². The highest BCUT2D eigenvalue weighted by molar-refractivity contribution is 6.31. The van der Waals surface area contributed by atoms with Crippen molar-refractivity contribution in [2.75, 3.05) is 19.0 Å². The third-order valence-corrected chi connectivity index (χ3v) is 3.86. The van der Waals surface area contributed by atoms with Crippen LogP contribution in [0.25, 0.3) is 0 Å². The number of methoxy groups -OCH3 is 1. The Morgan fingerprint density at radius 3 is 2.75 bits per heavy atom. The van der Waals surface area contributed by atoms with Crippen LogP contribution in [0.2, 0.25) is 5.02 Å². The number of allylic oxidation sites excluding steroid dienone is 1. The molecule has 24 heavy (non-hydrogen) atoms. The van der Waals surface area contributed by atoms with Gasteiger partial charge in [-0.15, -0.1) is 6.58 Å². The number of ether oxygens (including phenoxy) is 2. The monoisotopic (exact) mass is 345 g/mol. The Bertz CT molecular complexity index is 743. The summed E-state index contributed by atoms with van der Waals surface area (Å²) in [6, 6.07) is 11.0. The summed E-state index contributed by atoms with van der Waals surface area (Å²) >= 11 is 6.06. The largest absolute Gasteiger partial charge is 0.495 e. The maximum absolute atomic E-state index is 12.2. The number of anilines is 1. The van der Waals surface area contributed by atoms with Gasteiger partial charge in [0, 0.05) is 11.1 Å². The molecule has 0 fully saturated rings. The normalized spacial score (nSPS) is 10.1. The maximum atomic E-state index is 12.2. The van der Waals surface area contributed by atoms with Crippen LogP contribution in [0.1, 0.15) is 11.1 Å². The van der Waals surface area contributed by atoms with Crippen molar-refractivity contribution in [3.8, 4) is 11.5 Å². The summed E-state index contributed by atoms with van der Waals surface area (Å²) in [6.45, 7) is 5.49. The number of hydrogen-bond acceptors (Lipinski definition) is 3. The zero-order chi connectivity index (χ0) is 17.5. The third kappa shape index (κ3) is 4.52. The summed E-state index contributed by atoms with van der Waals surface area (Å²) < 4.78 is 10.9. The van der Waals surface area contributed by atoms with E-state index in [2.05, 4.69) is 11.9 Å². The first kappa shape index (κ1) is 17.9. The van der Waals surface area contributed by atoms with Gasteiger partial charge in [0.15, 0.2) is 6.61 Å². The molecule has 1 amide bonds. The first-order chi connectivity index (χ1) is 11.5. The van der Waals surface area contributed by atoms with E-state index in [4.69, 9.17) is 21.1 Å². The Labute approximate surface area is 147 Å². The van der Waals surface area contributed by atoms with Gasteiger partial charge in [-0.2, -0.15) is 0 Å². The van der Waals surface area contributed by atoms with Gasteiger partial charge >= 0.3 is 0 Å². The third-order valence-electron chi connectivity index (χ3n) is 3.45. The number of benzene rings is 2. The zero-order valence-corrected chi connectivity index (χ0v) is 14.5. The highest BCUT2D eigenvalue weighted by Crippen LogP contribution is 2.30. The van der Waals surface area contributed by atoms with E-state index >= 15 is 0 Å². The Hall–Kier alpha value is -2.46. The minimum Gasteiger partial charge on any atom is -0.495 e. The van der Waals surface area contributed by atoms with Crippen LogP contribution in [0.4, 0.5) is 5.69 Å². The van der Waals surface area contributed by atoms with Crippen LogP contribution in [-0.2, 0) is 11.2 Å². The number of halogens is 1. The second-order valence-corrected chi connectivity index (χ2v) is 5.65. The minimum atomic E-state index is -0.275. The molecule has 5 heteroatoms. The number of nitrogens with one attached hydrogen (secondary N) is 1. The lowest BCUT2D eigenvalue weighted by atomic mass is 10.1. The zero-order valence-electron chi connectivity index (χ0n) is 13.8. The number of carbonyl (C=O) groups is 1. The summed E-state index contributed by atoms with van der Waals surface area (Å²) in [5, 5.41) is 3.37. The second-order valence-electron chi connectivity index (χ2n) is 5.24. The molecule has 0 atom stereocenters. The molecule has 0 heterocycles. The van der Waals surface area contributed by atoms with Crippen LogP contribution in [0.15, 0.2) is 49.1 Å². The summed E-state index contributed by atoms with van der Waals surface area (Å²) in [4.78, 5) is 12.2. The molecule has 0 aromatic heterocycles. The first-order valence-corrected chi connectivity index (χ1v) is 7.88. The van der Waals surface area contributed by atoms with Gasteiger partial charge in [0.05, 0.1) is 12.8 Å². The molecule has 2 aromatic carbocycles. The van der Waals surface area contributed by atoms with Gasteiger partial charge in [0.1, 0.15) is 11.5 Å². The van der Waals surface area contributed by atoms with E-state index in [-0.39, 0.29) is 12.5 Å². The number of amides is 1. The average Bonchev–Trinajstić information content (AvgIpc) is 2.57. The van der Waals surface area contributed by atoms with Crippen molar-refractivity contribution in [2.24, 2.45) is 0 Å². The Kier molecular flexibility index (Phi) is 6.27. The number of aryl methyl sites for hydroxylation is 1. The smallest absolute Gasteiger partial charge is 0.262 e. The van der Waals surface area contributed by atoms with Crippen LogP contribution in [0.3, 0.4) is 0 Å². The lowest BCUT2D eigenvalue weighted by Gasteiger charge is -2.13. The molecule has 0 radical (unpaired) electrons. The predicted molar refractivity (Wildman–Crippen MR) is 97.2 cm³/mol. The molecule has 0 unspecified atom stereocenters. The fraction of sp³-hybridized carbons (Fsp3) is 0.211. The number of hydrogen-bond donors (Lipinski definition) is 1. The van der Waals surface area contributed by atoms with E-state index in [0.29, 0.717) is 28.6 Å². The molecule has 126 valence electrons. The molecule has 2 aromatic rings. The van der Waals surface area contributed by atoms with Crippen molar-refractivity contribution in [1.82, 2.24) is 0 Å². The van der Waals surface area contributed by atoms with Gasteiger partial charge in [-0.25, -0.2) is 0 Å². The molecule has 2 rings (SSSR count). The highest BCUT2D eigenvalue weighted by Gasteiger charge is 2.11. The van der Waals surface area contributed by atoms with Gasteiger partial charge in [0.25, 0.3) is 5.91 Å². The van der Waals surface area contributed by atoms with Crippen LogP contribution in [0.5, 0.6) is 11.5 Å². The van der Waals surface area contributed by atoms with Gasteiger partial charge in [0.2, 0.25) is 0 Å². The molecule has 0 aliphatic heterocycles. The van der Waals surface area contributed by atoms with E-state index in [1.807, 2.05) is 31.2 Å². The van der Waals surface area contributed by atoms with Crippen LogP contribution in [-0.4, -0.2) is 19.6 Å². The molecular formula is C19H20ClNO3. The average molecular weight is 346 g/mol. The van der Waals surface area contributed by atoms with E-state index in [1.54, 1.807) is 18.2 Å². The van der Waals surface area contributed by atoms with Crippen molar-refractivity contribution in [3.05, 3.63) is 65.2 Å². The number of carbonyl (C=O) groups excluding carboxylic acids is 1. The van der Waals surface area contributed by atoms with Crippen LogP contribution < -0.4 is 14.8 Å². The summed E-state index contributed by atoms with van der Waals surface area (Å²) in [6.07, 6.45) is 2.48. The van der Waals surface area contributed by atoms with E-state index < -0.39 is 0 Å². The lowest BCUT2D eigenvalue weighted by molar-refractivity contribution is -0.118. The van der Waals surface area contributed by atoms with E-state index in [1.165, 1.54) is 7.11 Å². The van der Waals surface area contributed by atoms with E-state index in [9.17, 15) is 4.79 Å². The molecule has 0 saturated carbocycles. The highest BCUT2D eigenvalue weighted by atomic mass is 35.5. The molecule has 1 N–H and O–H groups in total. The predicted octanol–water partition coefficient (Wildman–Crippen LogP) is 4.40. The molecule has 0 saturated heterocycles. The fourth-order valence-corrected chi connectivity index (χ4v) is 2.38. The Morgan fingerprint density at radius 2 is 2.04 bits per heavy atom. The molecule has 0 bridgehead atoms. The van der Waals surface area contributed by atoms with Gasteiger partial charge in [-0.3, -0.25) is 4.79 Å². The van der Waals surface area contributed by atoms with Crippen molar-refractivity contribution >= 4 is 23.2 Å². The fourth-order valence-electron chi connectivity index (χ4n) is 2.23. The Morgan fingerprint density at radius 1 is 1.29 bits per heavy atom. The summed E-state index contributed by atoms with van der Waals surface area (Å²) in [5.74, 6) is 0.904. The molecule has 4 nitrogen and oxygen atoms in total. The maximum Gasteiger partial charge on any atom is 0.262 e. The van der Waals surface area contributed by atoms with E-state index in [0.717, 1.165) is 11.1 Å². The van der Waals surface area contributed by atoms with Gasteiger partial charge < -0.3 is 14.8 Å². The molecule has 0 aliphatic rings. The first-order valence-electron chi connectivity index (χ1n) is 7.50. The quantitative estimate of drug-likeness (QED) is 0.756. The molecular weight excluding hydrogens is 326 g/mol. The molecule has 0 spiro atoms. The summed E-state index contributed by atoms with van der Waals surface area (Å²) in [5.41, 5.74) is 2.40. The SMILES string of the molecule is C=CCc1ccccc1OCC(=O)Nc1cc(C)c(Cl)cc1OC. The van der Waals surface area contributed by atoms with Gasteiger partial charge in [-0.1, -0.05) is 35.9 Å². The van der Waals surface area contributed by atoms with Crippen molar-refractivity contribution < 1.29 is 14.3 Å². The van der Waals surface area contributed by atoms with Crippen molar-refractivity contribution in [3.63, 3.8) is 0 Å². The number of para-hydroxylation sites is 1. The lowest BCUT2D eigenvalue weighted by Crippen LogP contribution is -2.21. The minimum absolute atomic E-state index is 0.0982.